The van der Waals surface area contributed by atoms with Gasteiger partial charge in [0.2, 0.25) is 5.78 Å². The Morgan fingerprint density at radius 3 is 2.70 bits per heavy atom. The first-order valence-corrected chi connectivity index (χ1v) is 6.40. The summed E-state index contributed by atoms with van der Waals surface area (Å²) in [6, 6.07) is 11.0. The van der Waals surface area contributed by atoms with Crippen LogP contribution >= 0.6 is 11.6 Å². The fourth-order valence-corrected chi connectivity index (χ4v) is 2.17. The molecule has 20 heavy (non-hydrogen) atoms. The first kappa shape index (κ1) is 12.9. The quantitative estimate of drug-likeness (QED) is 0.795. The van der Waals surface area contributed by atoms with Gasteiger partial charge in [0.25, 0.3) is 0 Å². The van der Waals surface area contributed by atoms with E-state index >= 15 is 0 Å². The molecule has 2 aromatic carbocycles. The van der Waals surface area contributed by atoms with Crippen LogP contribution in [0, 0.1) is 5.82 Å². The van der Waals surface area contributed by atoms with Gasteiger partial charge >= 0.3 is 0 Å². The van der Waals surface area contributed by atoms with Gasteiger partial charge in [-0.25, -0.2) is 4.39 Å². The lowest BCUT2D eigenvalue weighted by atomic mass is 10.1. The molecule has 1 aliphatic heterocycles. The minimum absolute atomic E-state index is 0.0534. The average Bonchev–Trinajstić information content (AvgIpc) is 2.46. The van der Waals surface area contributed by atoms with E-state index < -0.39 is 17.7 Å². The Balaban J connectivity index is 1.86. The summed E-state index contributed by atoms with van der Waals surface area (Å²) in [6.07, 6.45) is -0.861. The number of ether oxygens (including phenoxy) is 2. The fraction of sp³-hybridized carbons (Fsp3) is 0.133. The second kappa shape index (κ2) is 5.13. The molecule has 5 heteroatoms. The number of rotatable bonds is 2. The third kappa shape index (κ3) is 2.34. The number of carbonyl (C=O) groups is 1. The molecule has 0 radical (unpaired) electrons. The molecule has 0 spiro atoms. The lowest BCUT2D eigenvalue weighted by Gasteiger charge is -2.25. The lowest BCUT2D eigenvalue weighted by Crippen LogP contribution is -2.37. The summed E-state index contributed by atoms with van der Waals surface area (Å²) < 4.78 is 24.8. The SMILES string of the molecule is O=C(c1ccc(Cl)cc1F)C1COc2ccccc2O1. The molecule has 0 N–H and O–H groups in total. The Morgan fingerprint density at radius 2 is 1.95 bits per heavy atom. The Hall–Kier alpha value is -2.07. The van der Waals surface area contributed by atoms with Crippen molar-refractivity contribution >= 4 is 17.4 Å². The van der Waals surface area contributed by atoms with Crippen LogP contribution < -0.4 is 9.47 Å². The van der Waals surface area contributed by atoms with Crippen molar-refractivity contribution in [3.05, 3.63) is 58.9 Å². The van der Waals surface area contributed by atoms with E-state index in [1.807, 2.05) is 6.07 Å². The van der Waals surface area contributed by atoms with Crippen LogP contribution in [0.4, 0.5) is 4.39 Å². The molecular weight excluding hydrogens is 283 g/mol. The van der Waals surface area contributed by atoms with E-state index in [1.54, 1.807) is 18.2 Å². The predicted octanol–water partition coefficient (Wildman–Crippen LogP) is 3.50. The topological polar surface area (TPSA) is 35.5 Å². The lowest BCUT2D eigenvalue weighted by molar-refractivity contribution is 0.0582. The Labute approximate surface area is 119 Å². The normalized spacial score (nSPS) is 16.8. The minimum atomic E-state index is -0.861. The van der Waals surface area contributed by atoms with Crippen molar-refractivity contribution in [2.75, 3.05) is 6.61 Å². The zero-order valence-corrected chi connectivity index (χ0v) is 11.1. The van der Waals surface area contributed by atoms with Crippen molar-refractivity contribution in [2.45, 2.75) is 6.10 Å². The third-order valence-corrected chi connectivity index (χ3v) is 3.23. The van der Waals surface area contributed by atoms with Crippen LogP contribution in [0.25, 0.3) is 0 Å². The van der Waals surface area contributed by atoms with Crippen molar-refractivity contribution < 1.29 is 18.7 Å². The third-order valence-electron chi connectivity index (χ3n) is 3.00. The molecule has 1 aliphatic rings. The van der Waals surface area contributed by atoms with E-state index in [2.05, 4.69) is 0 Å². The molecule has 0 saturated heterocycles. The zero-order valence-electron chi connectivity index (χ0n) is 10.3. The van der Waals surface area contributed by atoms with Crippen molar-refractivity contribution in [2.24, 2.45) is 0 Å². The monoisotopic (exact) mass is 292 g/mol. The Kier molecular flexibility index (Phi) is 3.32. The smallest absolute Gasteiger partial charge is 0.209 e. The summed E-state index contributed by atoms with van der Waals surface area (Å²) in [4.78, 5) is 12.3. The van der Waals surface area contributed by atoms with Gasteiger partial charge in [0.15, 0.2) is 17.6 Å². The second-order valence-electron chi connectivity index (χ2n) is 4.35. The molecule has 0 aliphatic carbocycles. The maximum absolute atomic E-state index is 13.8. The van der Waals surface area contributed by atoms with Gasteiger partial charge in [-0.2, -0.15) is 0 Å². The number of benzene rings is 2. The molecule has 102 valence electrons. The summed E-state index contributed by atoms with van der Waals surface area (Å²) in [5.41, 5.74) is -0.0534. The van der Waals surface area contributed by atoms with Gasteiger partial charge in [-0.15, -0.1) is 0 Å². The largest absolute Gasteiger partial charge is 0.485 e. The van der Waals surface area contributed by atoms with Crippen LogP contribution in [0.3, 0.4) is 0 Å². The van der Waals surface area contributed by atoms with Gasteiger partial charge in [-0.3, -0.25) is 4.79 Å². The van der Waals surface area contributed by atoms with Crippen LogP contribution in [0.5, 0.6) is 11.5 Å². The number of fused-ring (bicyclic) bond motifs is 1. The number of ketones is 1. The zero-order chi connectivity index (χ0) is 14.1. The van der Waals surface area contributed by atoms with E-state index in [-0.39, 0.29) is 17.2 Å². The van der Waals surface area contributed by atoms with E-state index in [1.165, 1.54) is 12.1 Å². The summed E-state index contributed by atoms with van der Waals surface area (Å²) in [5, 5.41) is 0.241. The summed E-state index contributed by atoms with van der Waals surface area (Å²) in [7, 11) is 0. The Morgan fingerprint density at radius 1 is 1.20 bits per heavy atom. The number of para-hydroxylation sites is 2. The number of Topliss-reactive ketones (excluding diaryl/α,β-unsaturated/α-hetero) is 1. The molecule has 0 bridgehead atoms. The van der Waals surface area contributed by atoms with Crippen molar-refractivity contribution in [1.29, 1.82) is 0 Å². The molecule has 0 saturated carbocycles. The van der Waals surface area contributed by atoms with Gasteiger partial charge in [-0.1, -0.05) is 23.7 Å². The first-order valence-electron chi connectivity index (χ1n) is 6.03. The highest BCUT2D eigenvalue weighted by Crippen LogP contribution is 2.32. The van der Waals surface area contributed by atoms with Crippen molar-refractivity contribution in [3.63, 3.8) is 0 Å². The van der Waals surface area contributed by atoms with Crippen LogP contribution in [0.2, 0.25) is 5.02 Å². The molecule has 3 nitrogen and oxygen atoms in total. The molecule has 0 aromatic heterocycles. The molecule has 1 atom stereocenters. The van der Waals surface area contributed by atoms with Gasteiger partial charge < -0.3 is 9.47 Å². The van der Waals surface area contributed by atoms with E-state index in [9.17, 15) is 9.18 Å². The molecule has 3 rings (SSSR count). The summed E-state index contributed by atoms with van der Waals surface area (Å²) >= 11 is 5.67. The van der Waals surface area contributed by atoms with Gasteiger partial charge in [0, 0.05) is 5.02 Å². The van der Waals surface area contributed by atoms with E-state index in [4.69, 9.17) is 21.1 Å². The molecule has 1 heterocycles. The van der Waals surface area contributed by atoms with Gasteiger partial charge in [-0.05, 0) is 30.3 Å². The molecule has 0 amide bonds. The molecular formula is C15H10ClFO3. The Bertz CT molecular complexity index is 672. The van der Waals surface area contributed by atoms with Crippen LogP contribution in [0.1, 0.15) is 10.4 Å². The van der Waals surface area contributed by atoms with Crippen LogP contribution in [-0.4, -0.2) is 18.5 Å². The molecule has 1 unspecified atom stereocenters. The number of carbonyl (C=O) groups excluding carboxylic acids is 1. The van der Waals surface area contributed by atoms with Crippen LogP contribution in [-0.2, 0) is 0 Å². The number of hydrogen-bond donors (Lipinski definition) is 0. The van der Waals surface area contributed by atoms with Crippen molar-refractivity contribution in [3.8, 4) is 11.5 Å². The maximum atomic E-state index is 13.8. The van der Waals surface area contributed by atoms with Crippen molar-refractivity contribution in [1.82, 2.24) is 0 Å². The van der Waals surface area contributed by atoms with Gasteiger partial charge in [0.05, 0.1) is 5.56 Å². The number of hydrogen-bond acceptors (Lipinski definition) is 3. The maximum Gasteiger partial charge on any atom is 0.209 e. The highest BCUT2D eigenvalue weighted by atomic mass is 35.5. The highest BCUT2D eigenvalue weighted by Gasteiger charge is 2.29. The highest BCUT2D eigenvalue weighted by molar-refractivity contribution is 6.30. The summed E-state index contributed by atoms with van der Waals surface area (Å²) in [6.45, 7) is 0.0535. The molecule has 2 aromatic rings. The average molecular weight is 293 g/mol. The number of halogens is 2. The summed E-state index contributed by atoms with van der Waals surface area (Å²) in [5.74, 6) is -0.0711. The molecule has 0 fully saturated rings. The second-order valence-corrected chi connectivity index (χ2v) is 4.79. The van der Waals surface area contributed by atoms with Gasteiger partial charge in [0.1, 0.15) is 12.4 Å². The standard InChI is InChI=1S/C15H10ClFO3/c16-9-5-6-10(11(17)7-9)15(18)14-8-19-12-3-1-2-4-13(12)20-14/h1-7,14H,8H2. The minimum Gasteiger partial charge on any atom is -0.485 e. The van der Waals surface area contributed by atoms with E-state index in [0.29, 0.717) is 11.5 Å². The fourth-order valence-electron chi connectivity index (χ4n) is 2.01. The predicted molar refractivity (Wildman–Crippen MR) is 72.1 cm³/mol. The first-order chi connectivity index (χ1) is 9.65. The van der Waals surface area contributed by atoms with E-state index in [0.717, 1.165) is 6.07 Å². The van der Waals surface area contributed by atoms with Crippen LogP contribution in [0.15, 0.2) is 42.5 Å².